The maximum absolute atomic E-state index is 13.6. The summed E-state index contributed by atoms with van der Waals surface area (Å²) in [6, 6.07) is 3.62. The summed E-state index contributed by atoms with van der Waals surface area (Å²) >= 11 is 0. The molecule has 2 amide bonds. The monoisotopic (exact) mass is 296 g/mol. The summed E-state index contributed by atoms with van der Waals surface area (Å²) in [5.74, 6) is -1.51. The third kappa shape index (κ3) is 3.91. The standard InChI is InChI=1S/C14H17FN2O4/c1-14(21,12(18)19)7-16-13(20)17-9-4-5-11(15)10(6-9)8-2-3-8/h4-6,8,21H,2-3,7H2,1H3,(H,18,19)(H2,16,17,20). The van der Waals surface area contributed by atoms with Crippen molar-refractivity contribution in [3.8, 4) is 0 Å². The zero-order valence-corrected chi connectivity index (χ0v) is 11.5. The number of urea groups is 1. The molecular weight excluding hydrogens is 279 g/mol. The number of anilines is 1. The molecule has 2 rings (SSSR count). The van der Waals surface area contributed by atoms with E-state index in [9.17, 15) is 19.1 Å². The Kier molecular flexibility index (Phi) is 4.13. The molecule has 0 saturated heterocycles. The van der Waals surface area contributed by atoms with Gasteiger partial charge in [0.15, 0.2) is 5.60 Å². The predicted octanol–water partition coefficient (Wildman–Crippen LogP) is 1.66. The maximum Gasteiger partial charge on any atom is 0.337 e. The van der Waals surface area contributed by atoms with E-state index in [0.29, 0.717) is 11.3 Å². The van der Waals surface area contributed by atoms with Gasteiger partial charge in [-0.1, -0.05) is 0 Å². The van der Waals surface area contributed by atoms with Gasteiger partial charge >= 0.3 is 12.0 Å². The van der Waals surface area contributed by atoms with Gasteiger partial charge in [0.05, 0.1) is 6.54 Å². The van der Waals surface area contributed by atoms with Crippen LogP contribution < -0.4 is 10.6 Å². The smallest absolute Gasteiger partial charge is 0.337 e. The molecule has 0 spiro atoms. The van der Waals surface area contributed by atoms with E-state index in [1.807, 2.05) is 0 Å². The molecule has 0 aliphatic heterocycles. The number of carbonyl (C=O) groups excluding carboxylic acids is 1. The Morgan fingerprint density at radius 2 is 2.10 bits per heavy atom. The van der Waals surface area contributed by atoms with Crippen LogP contribution in [0.1, 0.15) is 31.2 Å². The van der Waals surface area contributed by atoms with Gasteiger partial charge in [0, 0.05) is 5.69 Å². The van der Waals surface area contributed by atoms with E-state index in [2.05, 4.69) is 10.6 Å². The van der Waals surface area contributed by atoms with Gasteiger partial charge in [-0.2, -0.15) is 0 Å². The minimum Gasteiger partial charge on any atom is -0.479 e. The predicted molar refractivity (Wildman–Crippen MR) is 73.7 cm³/mol. The SMILES string of the molecule is CC(O)(CNC(=O)Nc1ccc(F)c(C2CC2)c1)C(=O)O. The first-order valence-electron chi connectivity index (χ1n) is 6.59. The lowest BCUT2D eigenvalue weighted by molar-refractivity contribution is -0.155. The molecule has 1 unspecified atom stereocenters. The molecule has 7 heteroatoms. The van der Waals surface area contributed by atoms with Gasteiger partial charge in [-0.05, 0) is 49.4 Å². The molecule has 0 bridgehead atoms. The summed E-state index contributed by atoms with van der Waals surface area (Å²) in [5.41, 5.74) is -1.05. The van der Waals surface area contributed by atoms with Gasteiger partial charge in [0.25, 0.3) is 0 Å². The van der Waals surface area contributed by atoms with Crippen LogP contribution in [0.25, 0.3) is 0 Å². The molecule has 1 atom stereocenters. The molecular formula is C14H17FN2O4. The molecule has 0 radical (unpaired) electrons. The summed E-state index contributed by atoms with van der Waals surface area (Å²) in [5, 5.41) is 22.9. The number of rotatable bonds is 5. The van der Waals surface area contributed by atoms with Crippen molar-refractivity contribution in [1.82, 2.24) is 5.32 Å². The van der Waals surface area contributed by atoms with Crippen LogP contribution in [0.4, 0.5) is 14.9 Å². The second-order valence-corrected chi connectivity index (χ2v) is 5.40. The number of amides is 2. The molecule has 6 nitrogen and oxygen atoms in total. The number of nitrogens with one attached hydrogen (secondary N) is 2. The number of hydrogen-bond acceptors (Lipinski definition) is 3. The minimum atomic E-state index is -2.04. The first-order valence-corrected chi connectivity index (χ1v) is 6.59. The van der Waals surface area contributed by atoms with Crippen molar-refractivity contribution < 1.29 is 24.2 Å². The van der Waals surface area contributed by atoms with E-state index >= 15 is 0 Å². The lowest BCUT2D eigenvalue weighted by Gasteiger charge is -2.18. The molecule has 4 N–H and O–H groups in total. The number of carboxylic acids is 1. The van der Waals surface area contributed by atoms with Crippen LogP contribution in [0.15, 0.2) is 18.2 Å². The third-order valence-corrected chi connectivity index (χ3v) is 3.32. The van der Waals surface area contributed by atoms with Gasteiger partial charge < -0.3 is 20.8 Å². The van der Waals surface area contributed by atoms with E-state index in [0.717, 1.165) is 19.8 Å². The van der Waals surface area contributed by atoms with Gasteiger partial charge in [-0.15, -0.1) is 0 Å². The fraction of sp³-hybridized carbons (Fsp3) is 0.429. The molecule has 1 aliphatic rings. The number of halogens is 1. The number of aliphatic hydroxyl groups is 1. The maximum atomic E-state index is 13.6. The van der Waals surface area contributed by atoms with E-state index in [4.69, 9.17) is 5.11 Å². The molecule has 21 heavy (non-hydrogen) atoms. The summed E-state index contributed by atoms with van der Waals surface area (Å²) < 4.78 is 13.6. The summed E-state index contributed by atoms with van der Waals surface area (Å²) in [6.07, 6.45) is 1.88. The Bertz CT molecular complexity index is 570. The summed E-state index contributed by atoms with van der Waals surface area (Å²) in [6.45, 7) is 0.642. The number of hydrogen-bond donors (Lipinski definition) is 4. The van der Waals surface area contributed by atoms with Crippen LogP contribution in [-0.4, -0.2) is 34.4 Å². The van der Waals surface area contributed by atoms with Crippen molar-refractivity contribution in [2.75, 3.05) is 11.9 Å². The average Bonchev–Trinajstić information content (AvgIpc) is 3.23. The van der Waals surface area contributed by atoms with Crippen molar-refractivity contribution in [1.29, 1.82) is 0 Å². The van der Waals surface area contributed by atoms with E-state index < -0.39 is 24.1 Å². The van der Waals surface area contributed by atoms with Crippen molar-refractivity contribution in [3.05, 3.63) is 29.6 Å². The highest BCUT2D eigenvalue weighted by atomic mass is 19.1. The van der Waals surface area contributed by atoms with Crippen molar-refractivity contribution in [3.63, 3.8) is 0 Å². The lowest BCUT2D eigenvalue weighted by atomic mass is 10.1. The van der Waals surface area contributed by atoms with Gasteiger partial charge in [-0.3, -0.25) is 0 Å². The second kappa shape index (κ2) is 5.69. The highest BCUT2D eigenvalue weighted by Gasteiger charge is 2.30. The Balaban J connectivity index is 1.94. The molecule has 0 heterocycles. The second-order valence-electron chi connectivity index (χ2n) is 5.40. The lowest BCUT2D eigenvalue weighted by Crippen LogP contribution is -2.47. The van der Waals surface area contributed by atoms with Crippen molar-refractivity contribution in [2.45, 2.75) is 31.3 Å². The Hall–Kier alpha value is -2.15. The van der Waals surface area contributed by atoms with E-state index in [-0.39, 0.29) is 11.7 Å². The molecule has 1 aliphatic carbocycles. The van der Waals surface area contributed by atoms with E-state index in [1.54, 1.807) is 6.07 Å². The van der Waals surface area contributed by atoms with Gasteiger partial charge in [-0.25, -0.2) is 14.0 Å². The van der Waals surface area contributed by atoms with E-state index in [1.165, 1.54) is 12.1 Å². The Labute approximate surface area is 121 Å². The molecule has 114 valence electrons. The summed E-state index contributed by atoms with van der Waals surface area (Å²) in [4.78, 5) is 22.3. The Morgan fingerprint density at radius 1 is 1.43 bits per heavy atom. The molecule has 1 aromatic rings. The zero-order chi connectivity index (χ0) is 15.6. The third-order valence-electron chi connectivity index (χ3n) is 3.32. The number of aliphatic carboxylic acids is 1. The van der Waals surface area contributed by atoms with Crippen molar-refractivity contribution in [2.24, 2.45) is 0 Å². The molecule has 1 saturated carbocycles. The molecule has 1 fully saturated rings. The number of carbonyl (C=O) groups is 2. The van der Waals surface area contributed by atoms with Gasteiger partial charge in [0.1, 0.15) is 5.82 Å². The number of benzene rings is 1. The van der Waals surface area contributed by atoms with Crippen LogP contribution in [0.2, 0.25) is 0 Å². The first-order chi connectivity index (χ1) is 9.79. The van der Waals surface area contributed by atoms with Crippen molar-refractivity contribution >= 4 is 17.7 Å². The fourth-order valence-electron chi connectivity index (χ4n) is 1.83. The largest absolute Gasteiger partial charge is 0.479 e. The average molecular weight is 296 g/mol. The summed E-state index contributed by atoms with van der Waals surface area (Å²) in [7, 11) is 0. The molecule has 0 aromatic heterocycles. The number of carboxylic acid groups (broad SMARTS) is 1. The van der Waals surface area contributed by atoms with Crippen LogP contribution in [0.3, 0.4) is 0 Å². The quantitative estimate of drug-likeness (QED) is 0.664. The highest BCUT2D eigenvalue weighted by Crippen LogP contribution is 2.42. The van der Waals surface area contributed by atoms with Crippen LogP contribution in [-0.2, 0) is 4.79 Å². The van der Waals surface area contributed by atoms with Crippen LogP contribution >= 0.6 is 0 Å². The normalized spacial score (nSPS) is 16.9. The zero-order valence-electron chi connectivity index (χ0n) is 11.5. The highest BCUT2D eigenvalue weighted by molar-refractivity contribution is 5.90. The topological polar surface area (TPSA) is 98.7 Å². The van der Waals surface area contributed by atoms with Crippen LogP contribution in [0.5, 0.6) is 0 Å². The van der Waals surface area contributed by atoms with Crippen LogP contribution in [0, 0.1) is 5.82 Å². The Morgan fingerprint density at radius 3 is 2.67 bits per heavy atom. The minimum absolute atomic E-state index is 0.211. The van der Waals surface area contributed by atoms with Gasteiger partial charge in [0.2, 0.25) is 0 Å². The first kappa shape index (κ1) is 15.2. The fourth-order valence-corrected chi connectivity index (χ4v) is 1.83. The molecule has 1 aromatic carbocycles.